The second-order valence-corrected chi connectivity index (χ2v) is 13.6. The first-order chi connectivity index (χ1) is 15.1. The minimum Gasteiger partial charge on any atom is -0.467 e. The standard InChI is InChI=1S/C23H39N3O4S2/c1-22(2,3)18(25-19(27)17(24)15-9-6-5-7-10-15)20(28)26-14-23(31-11-8-12-32-23)13-16(26)21(29)30-4/h15-18H,5-14,24H2,1-4H3,(H,25,27)/t16-,17-,18?/m0/s1. The Morgan fingerprint density at radius 1 is 1.09 bits per heavy atom. The van der Waals surface area contributed by atoms with Gasteiger partial charge in [-0.15, -0.1) is 23.5 Å². The second kappa shape index (κ2) is 10.6. The van der Waals surface area contributed by atoms with Gasteiger partial charge < -0.3 is 20.7 Å². The SMILES string of the molecule is COC(=O)[C@@H]1CC2(CN1C(=O)C(NC(=O)[C@@H](N)C1CCCCC1)C(C)(C)C)SCCCS2. The van der Waals surface area contributed by atoms with Crippen LogP contribution in [0.15, 0.2) is 0 Å². The van der Waals surface area contributed by atoms with Gasteiger partial charge in [-0.2, -0.15) is 0 Å². The lowest BCUT2D eigenvalue weighted by atomic mass is 9.82. The summed E-state index contributed by atoms with van der Waals surface area (Å²) in [5.41, 5.74) is 5.80. The number of hydrogen-bond acceptors (Lipinski definition) is 7. The maximum atomic E-state index is 13.8. The summed E-state index contributed by atoms with van der Waals surface area (Å²) in [6.45, 7) is 6.29. The van der Waals surface area contributed by atoms with E-state index in [1.807, 2.05) is 44.3 Å². The topological polar surface area (TPSA) is 102 Å². The molecule has 0 bridgehead atoms. The molecule has 2 saturated heterocycles. The van der Waals surface area contributed by atoms with E-state index in [0.717, 1.165) is 43.6 Å². The van der Waals surface area contributed by atoms with E-state index in [4.69, 9.17) is 10.5 Å². The Balaban J connectivity index is 1.79. The van der Waals surface area contributed by atoms with Crippen LogP contribution >= 0.6 is 23.5 Å². The summed E-state index contributed by atoms with van der Waals surface area (Å²) in [4.78, 5) is 41.2. The van der Waals surface area contributed by atoms with Crippen molar-refractivity contribution in [3.05, 3.63) is 0 Å². The number of nitrogens with one attached hydrogen (secondary N) is 1. The number of carbonyl (C=O) groups excluding carboxylic acids is 3. The van der Waals surface area contributed by atoms with Gasteiger partial charge >= 0.3 is 5.97 Å². The van der Waals surface area contributed by atoms with Gasteiger partial charge in [0.15, 0.2) is 0 Å². The van der Waals surface area contributed by atoms with Crippen LogP contribution in [-0.2, 0) is 19.1 Å². The first kappa shape index (κ1) is 25.7. The molecule has 0 radical (unpaired) electrons. The second-order valence-electron chi connectivity index (χ2n) is 10.4. The monoisotopic (exact) mass is 485 g/mol. The van der Waals surface area contributed by atoms with Crippen molar-refractivity contribution in [1.29, 1.82) is 0 Å². The molecule has 0 aromatic heterocycles. The van der Waals surface area contributed by atoms with Gasteiger partial charge in [0.1, 0.15) is 12.1 Å². The van der Waals surface area contributed by atoms with Crippen molar-refractivity contribution >= 4 is 41.3 Å². The number of nitrogens with two attached hydrogens (primary N) is 1. The Morgan fingerprint density at radius 2 is 1.72 bits per heavy atom. The number of thioether (sulfide) groups is 2. The first-order valence-electron chi connectivity index (χ1n) is 11.8. The molecule has 2 aliphatic heterocycles. The molecule has 1 aliphatic carbocycles. The Labute approximate surface area is 200 Å². The highest BCUT2D eigenvalue weighted by atomic mass is 32.2. The van der Waals surface area contributed by atoms with Crippen LogP contribution in [0.2, 0.25) is 0 Å². The maximum absolute atomic E-state index is 13.8. The lowest BCUT2D eigenvalue weighted by Gasteiger charge is -2.37. The molecule has 32 heavy (non-hydrogen) atoms. The van der Waals surface area contributed by atoms with E-state index in [0.29, 0.717) is 13.0 Å². The number of likely N-dealkylation sites (tertiary alicyclic amines) is 1. The Kier molecular flexibility index (Phi) is 8.47. The van der Waals surface area contributed by atoms with Crippen molar-refractivity contribution in [2.45, 2.75) is 87.9 Å². The normalized spacial score (nSPS) is 25.9. The van der Waals surface area contributed by atoms with Gasteiger partial charge in [-0.25, -0.2) is 4.79 Å². The van der Waals surface area contributed by atoms with E-state index in [-0.39, 0.29) is 27.8 Å². The van der Waals surface area contributed by atoms with Crippen molar-refractivity contribution in [2.24, 2.45) is 17.1 Å². The summed E-state index contributed by atoms with van der Waals surface area (Å²) in [6.07, 6.45) is 7.00. The van der Waals surface area contributed by atoms with Gasteiger partial charge in [-0.05, 0) is 42.1 Å². The highest BCUT2D eigenvalue weighted by Gasteiger charge is 2.53. The third-order valence-electron chi connectivity index (χ3n) is 6.93. The summed E-state index contributed by atoms with van der Waals surface area (Å²) < 4.78 is 4.87. The highest BCUT2D eigenvalue weighted by Crippen LogP contribution is 2.50. The summed E-state index contributed by atoms with van der Waals surface area (Å²) in [7, 11) is 1.36. The third-order valence-corrected chi connectivity index (χ3v) is 10.3. The van der Waals surface area contributed by atoms with E-state index in [9.17, 15) is 14.4 Å². The average Bonchev–Trinajstić information content (AvgIpc) is 3.14. The van der Waals surface area contributed by atoms with Gasteiger partial charge in [-0.3, -0.25) is 9.59 Å². The van der Waals surface area contributed by atoms with Crippen molar-refractivity contribution in [3.63, 3.8) is 0 Å². The predicted octanol–water partition coefficient (Wildman–Crippen LogP) is 2.77. The molecule has 3 aliphatic rings. The lowest BCUT2D eigenvalue weighted by Crippen LogP contribution is -2.60. The minimum absolute atomic E-state index is 0.160. The zero-order valence-electron chi connectivity index (χ0n) is 19.9. The van der Waals surface area contributed by atoms with Crippen molar-refractivity contribution in [1.82, 2.24) is 10.2 Å². The van der Waals surface area contributed by atoms with Crippen LogP contribution in [0.25, 0.3) is 0 Å². The van der Waals surface area contributed by atoms with E-state index < -0.39 is 23.5 Å². The number of esters is 1. The smallest absolute Gasteiger partial charge is 0.328 e. The number of nitrogens with zero attached hydrogens (tertiary/aromatic N) is 1. The van der Waals surface area contributed by atoms with Gasteiger partial charge in [0.2, 0.25) is 11.8 Å². The molecule has 3 fully saturated rings. The summed E-state index contributed by atoms with van der Waals surface area (Å²) in [5.74, 6) is 1.33. The third kappa shape index (κ3) is 5.76. The molecule has 3 N–H and O–H groups in total. The molecule has 2 heterocycles. The van der Waals surface area contributed by atoms with E-state index >= 15 is 0 Å². The van der Waals surface area contributed by atoms with E-state index in [1.165, 1.54) is 13.5 Å². The fraction of sp³-hybridized carbons (Fsp3) is 0.870. The molecular formula is C23H39N3O4S2. The van der Waals surface area contributed by atoms with Crippen LogP contribution in [0.4, 0.5) is 0 Å². The fourth-order valence-corrected chi connectivity index (χ4v) is 8.35. The summed E-state index contributed by atoms with van der Waals surface area (Å²) >= 11 is 3.67. The highest BCUT2D eigenvalue weighted by molar-refractivity contribution is 8.18. The molecule has 1 spiro atoms. The molecule has 0 aromatic rings. The van der Waals surface area contributed by atoms with Gasteiger partial charge in [0, 0.05) is 13.0 Å². The van der Waals surface area contributed by atoms with Gasteiger partial charge in [-0.1, -0.05) is 40.0 Å². The number of carbonyl (C=O) groups is 3. The Morgan fingerprint density at radius 3 is 2.28 bits per heavy atom. The Bertz CT molecular complexity index is 700. The van der Waals surface area contributed by atoms with E-state index in [2.05, 4.69) is 5.32 Å². The van der Waals surface area contributed by atoms with Crippen LogP contribution in [-0.4, -0.2) is 70.0 Å². The molecule has 3 rings (SSSR count). The van der Waals surface area contributed by atoms with Crippen LogP contribution in [0.1, 0.15) is 65.7 Å². The zero-order chi connectivity index (χ0) is 23.5. The molecule has 3 atom stereocenters. The van der Waals surface area contributed by atoms with Gasteiger partial charge in [0.05, 0.1) is 17.2 Å². The van der Waals surface area contributed by atoms with E-state index in [1.54, 1.807) is 4.90 Å². The largest absolute Gasteiger partial charge is 0.467 e. The molecular weight excluding hydrogens is 446 g/mol. The summed E-state index contributed by atoms with van der Waals surface area (Å²) in [6, 6.07) is -2.00. The van der Waals surface area contributed by atoms with Crippen LogP contribution in [0.3, 0.4) is 0 Å². The van der Waals surface area contributed by atoms with Crippen LogP contribution < -0.4 is 11.1 Å². The molecule has 7 nitrogen and oxygen atoms in total. The fourth-order valence-electron chi connectivity index (χ4n) is 5.00. The molecule has 2 amide bonds. The predicted molar refractivity (Wildman–Crippen MR) is 130 cm³/mol. The van der Waals surface area contributed by atoms with Crippen molar-refractivity contribution < 1.29 is 19.1 Å². The molecule has 1 saturated carbocycles. The maximum Gasteiger partial charge on any atom is 0.328 e. The van der Waals surface area contributed by atoms with Crippen molar-refractivity contribution in [3.8, 4) is 0 Å². The zero-order valence-corrected chi connectivity index (χ0v) is 21.5. The van der Waals surface area contributed by atoms with Crippen LogP contribution in [0.5, 0.6) is 0 Å². The van der Waals surface area contributed by atoms with Gasteiger partial charge in [0.25, 0.3) is 0 Å². The molecule has 0 aromatic carbocycles. The number of methoxy groups -OCH3 is 1. The molecule has 1 unspecified atom stereocenters. The average molecular weight is 486 g/mol. The quantitative estimate of drug-likeness (QED) is 0.577. The molecule has 182 valence electrons. The van der Waals surface area contributed by atoms with Crippen molar-refractivity contribution in [2.75, 3.05) is 25.2 Å². The number of ether oxygens (including phenoxy) is 1. The van der Waals surface area contributed by atoms with Crippen LogP contribution in [0, 0.1) is 11.3 Å². The number of hydrogen-bond donors (Lipinski definition) is 2. The Hall–Kier alpha value is -0.930. The number of amides is 2. The number of rotatable bonds is 5. The summed E-state index contributed by atoms with van der Waals surface area (Å²) in [5, 5.41) is 2.98. The minimum atomic E-state index is -0.759. The molecule has 9 heteroatoms. The first-order valence-corrected chi connectivity index (χ1v) is 13.8. The lowest BCUT2D eigenvalue weighted by molar-refractivity contribution is -0.153.